The van der Waals surface area contributed by atoms with Gasteiger partial charge in [0.25, 0.3) is 0 Å². The SMILES string of the molecule is C#CC#CC#CC#CC1(C#CC#CC#CC#C)COC1NS(=O)(=O)c1ccc2nc(C)sc2c1. The summed E-state index contributed by atoms with van der Waals surface area (Å²) >= 11 is 1.40. The largest absolute Gasteiger partial charge is 0.357 e. The van der Waals surface area contributed by atoms with Gasteiger partial charge in [0.1, 0.15) is 0 Å². The van der Waals surface area contributed by atoms with Gasteiger partial charge in [-0.3, -0.25) is 0 Å². The van der Waals surface area contributed by atoms with Crippen LogP contribution in [0.4, 0.5) is 0 Å². The minimum atomic E-state index is -3.95. The lowest BCUT2D eigenvalue weighted by Crippen LogP contribution is -2.59. The molecule has 0 spiro atoms. The number of fused-ring (bicyclic) bond motifs is 1. The van der Waals surface area contributed by atoms with E-state index in [0.29, 0.717) is 0 Å². The number of rotatable bonds is 3. The van der Waals surface area contributed by atoms with Crippen LogP contribution in [-0.2, 0) is 14.8 Å². The van der Waals surface area contributed by atoms with Crippen molar-refractivity contribution in [2.75, 3.05) is 6.61 Å². The number of hydrogen-bond donors (Lipinski definition) is 1. The Morgan fingerprint density at radius 3 is 2.15 bits per heavy atom. The highest BCUT2D eigenvalue weighted by atomic mass is 32.2. The van der Waals surface area contributed by atoms with Crippen molar-refractivity contribution in [1.29, 1.82) is 0 Å². The van der Waals surface area contributed by atoms with E-state index in [4.69, 9.17) is 17.6 Å². The fourth-order valence-corrected chi connectivity index (χ4v) is 4.79. The Morgan fingerprint density at radius 2 is 1.59 bits per heavy atom. The number of nitrogens with zero attached hydrogens (tertiary/aromatic N) is 1. The normalized spacial score (nSPS) is 14.4. The van der Waals surface area contributed by atoms with Gasteiger partial charge in [-0.25, -0.2) is 13.4 Å². The molecule has 3 rings (SSSR count). The fraction of sp³-hybridized carbons (Fsp3) is 0.148. The first-order chi connectivity index (χ1) is 16.4. The van der Waals surface area contributed by atoms with Gasteiger partial charge in [0.2, 0.25) is 10.0 Å². The molecule has 1 aliphatic rings. The van der Waals surface area contributed by atoms with Gasteiger partial charge in [-0.15, -0.1) is 24.2 Å². The second-order valence-corrected chi connectivity index (χ2v) is 9.38. The van der Waals surface area contributed by atoms with E-state index in [1.54, 1.807) is 12.1 Å². The second kappa shape index (κ2) is 10.9. The Balaban J connectivity index is 1.91. The number of sulfonamides is 1. The van der Waals surface area contributed by atoms with Crippen LogP contribution in [-0.4, -0.2) is 26.2 Å². The molecule has 160 valence electrons. The van der Waals surface area contributed by atoms with E-state index in [1.165, 1.54) is 17.4 Å². The number of aromatic nitrogens is 1. The first-order valence-electron chi connectivity index (χ1n) is 9.37. The number of hydrogen-bond acceptors (Lipinski definition) is 5. The van der Waals surface area contributed by atoms with Crippen molar-refractivity contribution >= 4 is 31.6 Å². The van der Waals surface area contributed by atoms with Crippen LogP contribution in [0.25, 0.3) is 10.2 Å². The molecule has 1 N–H and O–H groups in total. The highest BCUT2D eigenvalue weighted by molar-refractivity contribution is 7.89. The van der Waals surface area contributed by atoms with Crippen molar-refractivity contribution in [3.63, 3.8) is 0 Å². The Hall–Kier alpha value is -4.54. The van der Waals surface area contributed by atoms with E-state index in [9.17, 15) is 8.42 Å². The quantitative estimate of drug-likeness (QED) is 0.683. The molecule has 1 unspecified atom stereocenters. The van der Waals surface area contributed by atoms with Crippen molar-refractivity contribution in [3.05, 3.63) is 23.2 Å². The lowest BCUT2D eigenvalue weighted by molar-refractivity contribution is -0.130. The highest BCUT2D eigenvalue weighted by Gasteiger charge is 2.49. The highest BCUT2D eigenvalue weighted by Crippen LogP contribution is 2.34. The van der Waals surface area contributed by atoms with Crippen LogP contribution in [0.2, 0.25) is 0 Å². The standard InChI is InChI=1S/C27H12N2O3S2/c1-4-6-8-10-12-14-18-27(19-15-13-11-9-7-5-2)21-32-26(27)29-34(30,31)23-16-17-24-25(20-23)33-22(3)28-24/h1-2,16-17,20,26,29H,21H2,3H3. The van der Waals surface area contributed by atoms with Gasteiger partial charge in [0.15, 0.2) is 11.6 Å². The molecular weight excluding hydrogens is 464 g/mol. The Bertz CT molecular complexity index is 1660. The van der Waals surface area contributed by atoms with Crippen molar-refractivity contribution in [2.24, 2.45) is 5.41 Å². The first-order valence-corrected chi connectivity index (χ1v) is 11.7. The van der Waals surface area contributed by atoms with Gasteiger partial charge in [-0.05, 0) is 96.2 Å². The molecular formula is C27H12N2O3S2. The fourth-order valence-electron chi connectivity index (χ4n) is 2.64. The maximum atomic E-state index is 13.0. The minimum absolute atomic E-state index is 0.0443. The average molecular weight is 477 g/mol. The maximum absolute atomic E-state index is 13.0. The molecule has 0 aliphatic carbocycles. The third kappa shape index (κ3) is 5.82. The zero-order chi connectivity index (χ0) is 24.4. The molecule has 1 saturated heterocycles. The van der Waals surface area contributed by atoms with E-state index in [2.05, 4.69) is 92.6 Å². The van der Waals surface area contributed by atoms with E-state index >= 15 is 0 Å². The second-order valence-electron chi connectivity index (χ2n) is 6.43. The van der Waals surface area contributed by atoms with E-state index in [0.717, 1.165) is 15.2 Å². The summed E-state index contributed by atoms with van der Waals surface area (Å²) in [4.78, 5) is 4.42. The van der Waals surface area contributed by atoms with Gasteiger partial charge in [-0.2, -0.15) is 4.72 Å². The van der Waals surface area contributed by atoms with Crippen molar-refractivity contribution in [1.82, 2.24) is 9.71 Å². The summed E-state index contributed by atoms with van der Waals surface area (Å²) in [6.07, 6.45) is 9.02. The number of thiazole rings is 1. The molecule has 0 amide bonds. The molecule has 5 nitrogen and oxygen atoms in total. The number of aryl methyl sites for hydroxylation is 1. The molecule has 0 bridgehead atoms. The zero-order valence-electron chi connectivity index (χ0n) is 17.7. The summed E-state index contributed by atoms with van der Waals surface area (Å²) in [5.74, 6) is 34.8. The number of ether oxygens (including phenoxy) is 1. The van der Waals surface area contributed by atoms with Crippen LogP contribution < -0.4 is 4.72 Å². The van der Waals surface area contributed by atoms with Gasteiger partial charge in [0, 0.05) is 0 Å². The predicted octanol–water partition coefficient (Wildman–Crippen LogP) is 1.51. The minimum Gasteiger partial charge on any atom is -0.357 e. The van der Waals surface area contributed by atoms with Crippen molar-refractivity contribution in [2.45, 2.75) is 18.0 Å². The molecule has 2 heterocycles. The van der Waals surface area contributed by atoms with Gasteiger partial charge in [-0.1, -0.05) is 11.8 Å². The Morgan fingerprint density at radius 1 is 1.00 bits per heavy atom. The molecule has 0 saturated carbocycles. The van der Waals surface area contributed by atoms with Crippen LogP contribution in [0, 0.1) is 108 Å². The van der Waals surface area contributed by atoms with Crippen LogP contribution >= 0.6 is 11.3 Å². The molecule has 34 heavy (non-hydrogen) atoms. The third-order valence-electron chi connectivity index (χ3n) is 4.18. The first kappa shape index (κ1) is 24.1. The van der Waals surface area contributed by atoms with E-state index in [1.807, 2.05) is 6.92 Å². The predicted molar refractivity (Wildman–Crippen MR) is 131 cm³/mol. The number of benzene rings is 1. The van der Waals surface area contributed by atoms with Gasteiger partial charge in [0.05, 0.1) is 26.7 Å². The van der Waals surface area contributed by atoms with Crippen molar-refractivity contribution in [3.8, 4) is 95.7 Å². The summed E-state index contributed by atoms with van der Waals surface area (Å²) in [6, 6.07) is 4.69. The van der Waals surface area contributed by atoms with Crippen LogP contribution in [0.5, 0.6) is 0 Å². The lowest BCUT2D eigenvalue weighted by Gasteiger charge is -2.41. The third-order valence-corrected chi connectivity index (χ3v) is 6.51. The summed E-state index contributed by atoms with van der Waals surface area (Å²) in [5, 5.41) is 0.838. The maximum Gasteiger partial charge on any atom is 0.242 e. The van der Waals surface area contributed by atoms with Crippen LogP contribution in [0.15, 0.2) is 23.1 Å². The molecule has 1 atom stereocenters. The van der Waals surface area contributed by atoms with Gasteiger partial charge < -0.3 is 4.74 Å². The Labute approximate surface area is 203 Å². The monoisotopic (exact) mass is 476 g/mol. The Kier molecular flexibility index (Phi) is 7.70. The average Bonchev–Trinajstić information content (AvgIpc) is 3.19. The molecule has 2 aromatic rings. The summed E-state index contributed by atoms with van der Waals surface area (Å²) in [6.45, 7) is 1.90. The molecule has 1 aliphatic heterocycles. The van der Waals surface area contributed by atoms with Crippen LogP contribution in [0.1, 0.15) is 5.01 Å². The van der Waals surface area contributed by atoms with E-state index < -0.39 is 21.7 Å². The topological polar surface area (TPSA) is 68.3 Å². The smallest absolute Gasteiger partial charge is 0.242 e. The zero-order valence-corrected chi connectivity index (χ0v) is 19.3. The summed E-state index contributed by atoms with van der Waals surface area (Å²) in [7, 11) is -3.95. The number of nitrogens with one attached hydrogen (secondary N) is 1. The summed E-state index contributed by atoms with van der Waals surface area (Å²) < 4.78 is 34.8. The van der Waals surface area contributed by atoms with Crippen LogP contribution in [0.3, 0.4) is 0 Å². The van der Waals surface area contributed by atoms with E-state index in [-0.39, 0.29) is 11.5 Å². The molecule has 7 heteroatoms. The molecule has 0 radical (unpaired) electrons. The number of terminal acetylenes is 2. The molecule has 1 fully saturated rings. The van der Waals surface area contributed by atoms with Crippen molar-refractivity contribution < 1.29 is 13.2 Å². The molecule has 1 aromatic heterocycles. The lowest BCUT2D eigenvalue weighted by atomic mass is 9.84. The van der Waals surface area contributed by atoms with Gasteiger partial charge >= 0.3 is 0 Å². The molecule has 1 aromatic carbocycles. The summed E-state index contributed by atoms with van der Waals surface area (Å²) in [5.41, 5.74) is -0.453.